The van der Waals surface area contributed by atoms with E-state index in [0.29, 0.717) is 6.10 Å². The van der Waals surface area contributed by atoms with Gasteiger partial charge in [-0.25, -0.2) is 0 Å². The first-order chi connectivity index (χ1) is 7.68. The van der Waals surface area contributed by atoms with E-state index in [9.17, 15) is 0 Å². The van der Waals surface area contributed by atoms with Gasteiger partial charge in [-0.05, 0) is 38.1 Å². The smallest absolute Gasteiger partial charge is 0.0671 e. The predicted octanol–water partition coefficient (Wildman–Crippen LogP) is 3.22. The minimum Gasteiger partial charge on any atom is -0.377 e. The Morgan fingerprint density at radius 1 is 1.25 bits per heavy atom. The van der Waals surface area contributed by atoms with Crippen LogP contribution < -0.4 is 5.32 Å². The second kappa shape index (κ2) is 8.08. The zero-order valence-electron chi connectivity index (χ0n) is 11.3. The van der Waals surface area contributed by atoms with Crippen LogP contribution in [0.3, 0.4) is 0 Å². The molecule has 1 rings (SSSR count). The molecule has 1 aliphatic carbocycles. The highest BCUT2D eigenvalue weighted by atomic mass is 16.5. The van der Waals surface area contributed by atoms with Crippen molar-refractivity contribution in [2.24, 2.45) is 11.8 Å². The van der Waals surface area contributed by atoms with Gasteiger partial charge in [0.15, 0.2) is 0 Å². The molecule has 1 aliphatic rings. The van der Waals surface area contributed by atoms with Crippen LogP contribution in [0.5, 0.6) is 0 Å². The lowest BCUT2D eigenvalue weighted by molar-refractivity contribution is 0.0492. The van der Waals surface area contributed by atoms with Gasteiger partial charge in [-0.2, -0.15) is 0 Å². The molecule has 2 nitrogen and oxygen atoms in total. The first-order valence-electron chi connectivity index (χ1n) is 7.00. The van der Waals surface area contributed by atoms with Crippen LogP contribution in [0.4, 0.5) is 0 Å². The van der Waals surface area contributed by atoms with Crippen molar-refractivity contribution in [3.8, 4) is 0 Å². The van der Waals surface area contributed by atoms with Crippen LogP contribution in [0.25, 0.3) is 0 Å². The molecule has 1 N–H and O–H groups in total. The molecule has 2 heteroatoms. The summed E-state index contributed by atoms with van der Waals surface area (Å²) in [6.45, 7) is 9.77. The Bertz CT molecular complexity index is 166. The van der Waals surface area contributed by atoms with E-state index in [1.165, 1.54) is 32.1 Å². The molecular weight excluding hydrogens is 198 g/mol. The normalized spacial score (nSPS) is 18.8. The van der Waals surface area contributed by atoms with Gasteiger partial charge < -0.3 is 10.1 Å². The summed E-state index contributed by atoms with van der Waals surface area (Å²) in [4.78, 5) is 0. The number of nitrogens with one attached hydrogen (secondary N) is 1. The summed E-state index contributed by atoms with van der Waals surface area (Å²) < 4.78 is 5.79. The van der Waals surface area contributed by atoms with Gasteiger partial charge in [0.25, 0.3) is 0 Å². The van der Waals surface area contributed by atoms with Gasteiger partial charge in [0.05, 0.1) is 6.10 Å². The lowest BCUT2D eigenvalue weighted by atomic mass is 9.83. The Morgan fingerprint density at radius 3 is 2.56 bits per heavy atom. The fourth-order valence-electron chi connectivity index (χ4n) is 1.97. The largest absolute Gasteiger partial charge is 0.377 e. The molecule has 0 spiro atoms. The van der Waals surface area contributed by atoms with E-state index in [1.807, 2.05) is 0 Å². The maximum atomic E-state index is 5.79. The summed E-state index contributed by atoms with van der Waals surface area (Å²) in [6.07, 6.45) is 7.21. The highest BCUT2D eigenvalue weighted by Gasteiger charge is 2.16. The van der Waals surface area contributed by atoms with Gasteiger partial charge in [-0.15, -0.1) is 0 Å². The van der Waals surface area contributed by atoms with E-state index in [-0.39, 0.29) is 0 Å². The zero-order valence-corrected chi connectivity index (χ0v) is 11.3. The molecule has 0 aliphatic heterocycles. The van der Waals surface area contributed by atoms with Crippen LogP contribution in [-0.2, 0) is 4.74 Å². The van der Waals surface area contributed by atoms with Gasteiger partial charge >= 0.3 is 0 Å². The number of rotatable bonds is 9. The lowest BCUT2D eigenvalue weighted by Crippen LogP contribution is -2.29. The van der Waals surface area contributed by atoms with Crippen molar-refractivity contribution in [3.05, 3.63) is 0 Å². The van der Waals surface area contributed by atoms with Crippen molar-refractivity contribution < 1.29 is 4.74 Å². The van der Waals surface area contributed by atoms with Crippen molar-refractivity contribution in [1.29, 1.82) is 0 Å². The molecular formula is C14H29NO. The highest BCUT2D eigenvalue weighted by Crippen LogP contribution is 2.29. The molecule has 1 saturated carbocycles. The van der Waals surface area contributed by atoms with Crippen molar-refractivity contribution in [2.45, 2.75) is 59.0 Å². The fourth-order valence-corrected chi connectivity index (χ4v) is 1.97. The minimum atomic E-state index is 0.368. The van der Waals surface area contributed by atoms with Crippen LogP contribution in [-0.4, -0.2) is 25.8 Å². The Morgan fingerprint density at radius 2 is 2.00 bits per heavy atom. The van der Waals surface area contributed by atoms with Crippen LogP contribution >= 0.6 is 0 Å². The summed E-state index contributed by atoms with van der Waals surface area (Å²) in [5.41, 5.74) is 0. The van der Waals surface area contributed by atoms with Crippen LogP contribution in [0, 0.1) is 11.8 Å². The quantitative estimate of drug-likeness (QED) is 0.611. The number of ether oxygens (including phenoxy) is 1. The van der Waals surface area contributed by atoms with E-state index >= 15 is 0 Å². The maximum absolute atomic E-state index is 5.79. The molecule has 0 aromatic heterocycles. The monoisotopic (exact) mass is 227 g/mol. The van der Waals surface area contributed by atoms with E-state index < -0.39 is 0 Å². The third kappa shape index (κ3) is 6.49. The van der Waals surface area contributed by atoms with Gasteiger partial charge in [-0.1, -0.05) is 33.1 Å². The first-order valence-corrected chi connectivity index (χ1v) is 7.00. The molecule has 0 radical (unpaired) electrons. The summed E-state index contributed by atoms with van der Waals surface area (Å²) in [5.74, 6) is 1.77. The first kappa shape index (κ1) is 14.0. The molecule has 0 amide bonds. The lowest BCUT2D eigenvalue weighted by Gasteiger charge is -2.25. The van der Waals surface area contributed by atoms with E-state index in [0.717, 1.165) is 31.5 Å². The molecule has 1 fully saturated rings. The summed E-state index contributed by atoms with van der Waals surface area (Å²) in [6, 6.07) is 0. The summed E-state index contributed by atoms with van der Waals surface area (Å²) in [5, 5.41) is 3.46. The summed E-state index contributed by atoms with van der Waals surface area (Å²) >= 11 is 0. The molecule has 1 atom stereocenters. The van der Waals surface area contributed by atoms with Gasteiger partial charge in [0.1, 0.15) is 0 Å². The second-order valence-electron chi connectivity index (χ2n) is 5.65. The van der Waals surface area contributed by atoms with Crippen molar-refractivity contribution in [2.75, 3.05) is 19.7 Å². The number of hydrogen-bond acceptors (Lipinski definition) is 2. The van der Waals surface area contributed by atoms with Crippen LogP contribution in [0.1, 0.15) is 52.9 Å². The average molecular weight is 227 g/mol. The zero-order chi connectivity index (χ0) is 11.8. The molecule has 16 heavy (non-hydrogen) atoms. The molecule has 0 saturated heterocycles. The van der Waals surface area contributed by atoms with Crippen LogP contribution in [0.2, 0.25) is 0 Å². The standard InChI is InChI=1S/C14H29NO/c1-12(2)7-9-15-11-13(3)16-10-8-14-5-4-6-14/h12-15H,4-11H2,1-3H3. The Balaban J connectivity index is 1.83. The SMILES string of the molecule is CC(C)CCNCC(C)OCCC1CCC1. The Hall–Kier alpha value is -0.0800. The van der Waals surface area contributed by atoms with Crippen molar-refractivity contribution in [3.63, 3.8) is 0 Å². The highest BCUT2D eigenvalue weighted by molar-refractivity contribution is 4.69. The van der Waals surface area contributed by atoms with Crippen LogP contribution in [0.15, 0.2) is 0 Å². The molecule has 96 valence electrons. The third-order valence-corrected chi connectivity index (χ3v) is 3.48. The Kier molecular flexibility index (Phi) is 7.06. The molecule has 1 unspecified atom stereocenters. The van der Waals surface area contributed by atoms with E-state index in [4.69, 9.17) is 4.74 Å². The molecule has 0 aromatic carbocycles. The second-order valence-corrected chi connectivity index (χ2v) is 5.65. The fraction of sp³-hybridized carbons (Fsp3) is 1.00. The molecule has 0 aromatic rings. The Labute approximate surface area is 101 Å². The van der Waals surface area contributed by atoms with E-state index in [2.05, 4.69) is 26.1 Å². The van der Waals surface area contributed by atoms with Crippen molar-refractivity contribution >= 4 is 0 Å². The van der Waals surface area contributed by atoms with Gasteiger partial charge in [-0.3, -0.25) is 0 Å². The topological polar surface area (TPSA) is 21.3 Å². The number of hydrogen-bond donors (Lipinski definition) is 1. The summed E-state index contributed by atoms with van der Waals surface area (Å²) in [7, 11) is 0. The minimum absolute atomic E-state index is 0.368. The van der Waals surface area contributed by atoms with Crippen molar-refractivity contribution in [1.82, 2.24) is 5.32 Å². The molecule has 0 heterocycles. The van der Waals surface area contributed by atoms with Gasteiger partial charge in [0, 0.05) is 13.2 Å². The maximum Gasteiger partial charge on any atom is 0.0671 e. The predicted molar refractivity (Wildman–Crippen MR) is 69.7 cm³/mol. The van der Waals surface area contributed by atoms with E-state index in [1.54, 1.807) is 0 Å². The molecule has 0 bridgehead atoms. The average Bonchev–Trinajstić information content (AvgIpc) is 2.16. The van der Waals surface area contributed by atoms with Gasteiger partial charge in [0.2, 0.25) is 0 Å². The third-order valence-electron chi connectivity index (χ3n) is 3.48.